The Morgan fingerprint density at radius 3 is 2.41 bits per heavy atom. The van der Waals surface area contributed by atoms with Gasteiger partial charge in [-0.3, -0.25) is 0 Å². The number of benzene rings is 2. The number of hydrogen-bond acceptors (Lipinski definition) is 6. The largest absolute Gasteiger partial charge is 0.496 e. The van der Waals surface area contributed by atoms with Crippen LogP contribution in [0.15, 0.2) is 45.7 Å². The number of aromatic nitrogens is 2. The second kappa shape index (κ2) is 7.50. The highest BCUT2D eigenvalue weighted by molar-refractivity contribution is 7.89. The van der Waals surface area contributed by atoms with Crippen molar-refractivity contribution in [2.75, 3.05) is 7.11 Å². The Morgan fingerprint density at radius 2 is 1.74 bits per heavy atom. The topological polar surface area (TPSA) is 94.3 Å². The molecule has 8 heteroatoms. The normalized spacial score (nSPS) is 11.6. The summed E-state index contributed by atoms with van der Waals surface area (Å²) in [7, 11) is -2.16. The molecule has 0 aliphatic carbocycles. The zero-order valence-electron chi connectivity index (χ0n) is 15.6. The van der Waals surface area contributed by atoms with Gasteiger partial charge >= 0.3 is 0 Å². The molecule has 0 fully saturated rings. The number of ether oxygens (including phenoxy) is 1. The molecule has 0 radical (unpaired) electrons. The van der Waals surface area contributed by atoms with E-state index in [1.807, 2.05) is 31.2 Å². The summed E-state index contributed by atoms with van der Waals surface area (Å²) in [6.07, 6.45) is 0. The van der Waals surface area contributed by atoms with Crippen LogP contribution in [0.4, 0.5) is 0 Å². The highest BCUT2D eigenvalue weighted by Crippen LogP contribution is 2.28. The Hall–Kier alpha value is -2.71. The lowest BCUT2D eigenvalue weighted by Crippen LogP contribution is -2.25. The molecule has 0 aliphatic rings. The number of sulfonamides is 1. The van der Waals surface area contributed by atoms with Crippen molar-refractivity contribution in [2.45, 2.75) is 32.2 Å². The minimum Gasteiger partial charge on any atom is -0.496 e. The molecule has 0 saturated heterocycles. The van der Waals surface area contributed by atoms with Crippen molar-refractivity contribution in [1.82, 2.24) is 14.9 Å². The number of rotatable bonds is 6. The summed E-state index contributed by atoms with van der Waals surface area (Å²) in [4.78, 5) is 0.276. The summed E-state index contributed by atoms with van der Waals surface area (Å²) >= 11 is 0. The maximum Gasteiger partial charge on any atom is 0.251 e. The van der Waals surface area contributed by atoms with Crippen LogP contribution in [0.3, 0.4) is 0 Å². The molecule has 27 heavy (non-hydrogen) atoms. The molecule has 1 heterocycles. The van der Waals surface area contributed by atoms with Gasteiger partial charge < -0.3 is 9.15 Å². The fraction of sp³-hybridized carbons (Fsp3) is 0.263. The standard InChI is InChI=1S/C19H21N3O4S/c1-12-9-13(2)18(14(3)10-12)27(23,24)20-11-17-21-22-19(26-17)15-7-5-6-8-16(15)25-4/h5-10,20H,11H2,1-4H3. The van der Waals surface area contributed by atoms with Gasteiger partial charge in [-0.1, -0.05) is 29.8 Å². The van der Waals surface area contributed by atoms with E-state index in [0.29, 0.717) is 22.4 Å². The van der Waals surface area contributed by atoms with Crippen molar-refractivity contribution in [3.8, 4) is 17.2 Å². The van der Waals surface area contributed by atoms with Gasteiger partial charge in [0, 0.05) is 0 Å². The van der Waals surface area contributed by atoms with E-state index < -0.39 is 10.0 Å². The first-order valence-electron chi connectivity index (χ1n) is 8.35. The van der Waals surface area contributed by atoms with Gasteiger partial charge in [-0.25, -0.2) is 13.1 Å². The first-order valence-corrected chi connectivity index (χ1v) is 9.83. The second-order valence-electron chi connectivity index (χ2n) is 6.25. The van der Waals surface area contributed by atoms with Crippen molar-refractivity contribution in [2.24, 2.45) is 0 Å². The lowest BCUT2D eigenvalue weighted by Gasteiger charge is -2.12. The molecule has 1 aromatic heterocycles. The highest BCUT2D eigenvalue weighted by atomic mass is 32.2. The van der Waals surface area contributed by atoms with Crippen LogP contribution in [-0.2, 0) is 16.6 Å². The van der Waals surface area contributed by atoms with Crippen LogP contribution in [0.25, 0.3) is 11.5 Å². The van der Waals surface area contributed by atoms with E-state index in [1.165, 1.54) is 0 Å². The van der Waals surface area contributed by atoms with Gasteiger partial charge in [0.25, 0.3) is 5.89 Å². The molecular formula is C19H21N3O4S. The van der Waals surface area contributed by atoms with Gasteiger partial charge in [0.15, 0.2) is 0 Å². The highest BCUT2D eigenvalue weighted by Gasteiger charge is 2.21. The Bertz CT molecular complexity index is 1050. The minimum absolute atomic E-state index is 0.1000. The second-order valence-corrected chi connectivity index (χ2v) is 7.96. The van der Waals surface area contributed by atoms with E-state index >= 15 is 0 Å². The van der Waals surface area contributed by atoms with Crippen molar-refractivity contribution >= 4 is 10.0 Å². The summed E-state index contributed by atoms with van der Waals surface area (Å²) < 4.78 is 38.8. The molecule has 3 aromatic rings. The maximum absolute atomic E-state index is 12.7. The first-order chi connectivity index (χ1) is 12.8. The lowest BCUT2D eigenvalue weighted by molar-refractivity contribution is 0.413. The number of para-hydroxylation sites is 1. The molecule has 1 N–H and O–H groups in total. The molecule has 0 amide bonds. The van der Waals surface area contributed by atoms with Crippen LogP contribution in [0.5, 0.6) is 5.75 Å². The van der Waals surface area contributed by atoms with E-state index in [4.69, 9.17) is 9.15 Å². The van der Waals surface area contributed by atoms with Gasteiger partial charge in [-0.2, -0.15) is 0 Å². The monoisotopic (exact) mass is 387 g/mol. The number of methoxy groups -OCH3 is 1. The smallest absolute Gasteiger partial charge is 0.251 e. The van der Waals surface area contributed by atoms with E-state index in [0.717, 1.165) is 5.56 Å². The molecule has 3 rings (SSSR count). The van der Waals surface area contributed by atoms with E-state index in [2.05, 4.69) is 14.9 Å². The lowest BCUT2D eigenvalue weighted by atomic mass is 10.1. The van der Waals surface area contributed by atoms with Gasteiger partial charge in [-0.05, 0) is 44.0 Å². The Morgan fingerprint density at radius 1 is 1.07 bits per heavy atom. The maximum atomic E-state index is 12.7. The van der Waals surface area contributed by atoms with E-state index in [-0.39, 0.29) is 23.2 Å². The van der Waals surface area contributed by atoms with Crippen LogP contribution in [-0.4, -0.2) is 25.7 Å². The minimum atomic E-state index is -3.71. The van der Waals surface area contributed by atoms with Gasteiger partial charge in [0.05, 0.1) is 24.1 Å². The summed E-state index contributed by atoms with van der Waals surface area (Å²) in [5.74, 6) is 1.03. The van der Waals surface area contributed by atoms with Crippen molar-refractivity contribution in [3.63, 3.8) is 0 Å². The van der Waals surface area contributed by atoms with Gasteiger partial charge in [0.1, 0.15) is 5.75 Å². The number of hydrogen-bond donors (Lipinski definition) is 1. The van der Waals surface area contributed by atoms with Crippen molar-refractivity contribution < 1.29 is 17.6 Å². The molecule has 7 nitrogen and oxygen atoms in total. The van der Waals surface area contributed by atoms with Crippen molar-refractivity contribution in [3.05, 3.63) is 59.0 Å². The number of nitrogens with one attached hydrogen (secondary N) is 1. The van der Waals surface area contributed by atoms with E-state index in [1.54, 1.807) is 33.1 Å². The fourth-order valence-corrected chi connectivity index (χ4v) is 4.50. The summed E-state index contributed by atoms with van der Waals surface area (Å²) in [5, 5.41) is 7.91. The average molecular weight is 387 g/mol. The van der Waals surface area contributed by atoms with Gasteiger partial charge in [0.2, 0.25) is 15.9 Å². The summed E-state index contributed by atoms with van der Waals surface area (Å²) in [5.41, 5.74) is 3.05. The van der Waals surface area contributed by atoms with Crippen molar-refractivity contribution in [1.29, 1.82) is 0 Å². The molecule has 0 atom stereocenters. The molecule has 2 aromatic carbocycles. The molecular weight excluding hydrogens is 366 g/mol. The Balaban J connectivity index is 1.81. The SMILES string of the molecule is COc1ccccc1-c1nnc(CNS(=O)(=O)c2c(C)cc(C)cc2C)o1. The third-order valence-electron chi connectivity index (χ3n) is 4.09. The molecule has 0 unspecified atom stereocenters. The van der Waals surface area contributed by atoms with E-state index in [9.17, 15) is 8.42 Å². The van der Waals surface area contributed by atoms with Crippen LogP contribution >= 0.6 is 0 Å². The predicted octanol–water partition coefficient (Wildman–Crippen LogP) is 3.15. The molecule has 0 saturated carbocycles. The third kappa shape index (κ3) is 4.01. The molecule has 0 spiro atoms. The van der Waals surface area contributed by atoms with Gasteiger partial charge in [-0.15, -0.1) is 10.2 Å². The first kappa shape index (κ1) is 19.1. The molecule has 142 valence electrons. The molecule has 0 bridgehead atoms. The number of aryl methyl sites for hydroxylation is 3. The number of nitrogens with zero attached hydrogens (tertiary/aromatic N) is 2. The van der Waals surface area contributed by atoms with Crippen LogP contribution in [0.2, 0.25) is 0 Å². The summed E-state index contributed by atoms with van der Waals surface area (Å²) in [6, 6.07) is 10.9. The van der Waals surface area contributed by atoms with Crippen LogP contribution < -0.4 is 9.46 Å². The quantitative estimate of drug-likeness (QED) is 0.698. The Labute approximate surface area is 158 Å². The predicted molar refractivity (Wildman–Crippen MR) is 101 cm³/mol. The zero-order chi connectivity index (χ0) is 19.6. The fourth-order valence-electron chi connectivity index (χ4n) is 3.07. The summed E-state index contributed by atoms with van der Waals surface area (Å²) in [6.45, 7) is 5.39. The molecule has 0 aliphatic heterocycles. The third-order valence-corrected chi connectivity index (χ3v) is 5.80. The Kier molecular flexibility index (Phi) is 5.29. The van der Waals surface area contributed by atoms with Crippen LogP contribution in [0, 0.1) is 20.8 Å². The average Bonchev–Trinajstić information content (AvgIpc) is 3.08. The van der Waals surface area contributed by atoms with Crippen LogP contribution in [0.1, 0.15) is 22.6 Å². The zero-order valence-corrected chi connectivity index (χ0v) is 16.4.